The third-order valence-corrected chi connectivity index (χ3v) is 5.37. The van der Waals surface area contributed by atoms with Gasteiger partial charge < -0.3 is 10.6 Å². The van der Waals surface area contributed by atoms with Crippen LogP contribution in [0.5, 0.6) is 0 Å². The molecule has 0 atom stereocenters. The number of hydrogen-bond donors (Lipinski definition) is 2. The van der Waals surface area contributed by atoms with Crippen LogP contribution < -0.4 is 10.6 Å². The summed E-state index contributed by atoms with van der Waals surface area (Å²) in [5.74, 6) is 2.26. The van der Waals surface area contributed by atoms with Crippen LogP contribution in [-0.2, 0) is 9.84 Å². The molecule has 1 rings (SSSR count). The summed E-state index contributed by atoms with van der Waals surface area (Å²) < 4.78 is 22.5. The van der Waals surface area contributed by atoms with E-state index in [4.69, 9.17) is 0 Å². The quantitative estimate of drug-likeness (QED) is 0.834. The van der Waals surface area contributed by atoms with Gasteiger partial charge in [-0.1, -0.05) is 13.8 Å². The van der Waals surface area contributed by atoms with Gasteiger partial charge in [0, 0.05) is 31.8 Å². The van der Waals surface area contributed by atoms with E-state index in [1.807, 2.05) is 13.8 Å². The van der Waals surface area contributed by atoms with Gasteiger partial charge in [-0.05, 0) is 13.8 Å². The summed E-state index contributed by atoms with van der Waals surface area (Å²) in [6.07, 6.45) is 1.24. The minimum absolute atomic E-state index is 0.201. The molecule has 2 N–H and O–H groups in total. The zero-order chi connectivity index (χ0) is 15.6. The highest BCUT2D eigenvalue weighted by atomic mass is 32.2. The Kier molecular flexibility index (Phi) is 4.96. The van der Waals surface area contributed by atoms with Gasteiger partial charge in [-0.3, -0.25) is 0 Å². The molecule has 1 aromatic rings. The molecule has 0 saturated carbocycles. The molecule has 20 heavy (non-hydrogen) atoms. The van der Waals surface area contributed by atoms with E-state index in [2.05, 4.69) is 20.6 Å². The minimum atomic E-state index is -3.14. The zero-order valence-corrected chi connectivity index (χ0v) is 13.8. The molecule has 0 saturated heterocycles. The van der Waals surface area contributed by atoms with E-state index in [9.17, 15) is 8.42 Å². The monoisotopic (exact) mass is 300 g/mol. The fraction of sp³-hybridized carbons (Fsp3) is 0.692. The van der Waals surface area contributed by atoms with Crippen molar-refractivity contribution in [2.24, 2.45) is 0 Å². The van der Waals surface area contributed by atoms with Crippen LogP contribution in [0.15, 0.2) is 6.07 Å². The first-order chi connectivity index (χ1) is 9.06. The van der Waals surface area contributed by atoms with E-state index >= 15 is 0 Å². The van der Waals surface area contributed by atoms with Gasteiger partial charge in [-0.2, -0.15) is 0 Å². The van der Waals surface area contributed by atoms with E-state index in [0.717, 1.165) is 5.82 Å². The molecular formula is C13H24N4O2S. The van der Waals surface area contributed by atoms with E-state index < -0.39 is 14.6 Å². The molecule has 6 nitrogen and oxygen atoms in total. The molecule has 0 bridgehead atoms. The molecule has 0 aliphatic carbocycles. The molecule has 0 aliphatic heterocycles. The smallest absolute Gasteiger partial charge is 0.154 e. The van der Waals surface area contributed by atoms with Gasteiger partial charge in [0.2, 0.25) is 0 Å². The third-order valence-electron chi connectivity index (χ3n) is 3.21. The summed E-state index contributed by atoms with van der Waals surface area (Å²) in [7, 11) is -1.35. The first kappa shape index (κ1) is 16.7. The normalized spacial score (nSPS) is 12.6. The standard InChI is InChI=1S/C13H24N4O2S/c1-9(2)12-16-10(14-5)7-11(17-12)15-8-13(3,4)20(6,18)19/h7,9H,8H2,1-6H3,(H2,14,15,16,17). The number of sulfone groups is 1. The van der Waals surface area contributed by atoms with E-state index in [0.29, 0.717) is 18.2 Å². The van der Waals surface area contributed by atoms with E-state index in [1.165, 1.54) is 6.26 Å². The Bertz CT molecular complexity index is 568. The summed E-state index contributed by atoms with van der Waals surface area (Å²) >= 11 is 0. The Hall–Kier alpha value is -1.37. The Morgan fingerprint density at radius 1 is 1.25 bits per heavy atom. The van der Waals surface area contributed by atoms with Crippen molar-refractivity contribution >= 4 is 21.5 Å². The van der Waals surface area contributed by atoms with Crippen molar-refractivity contribution in [1.82, 2.24) is 9.97 Å². The molecule has 1 heterocycles. The van der Waals surface area contributed by atoms with E-state index in [1.54, 1.807) is 27.0 Å². The van der Waals surface area contributed by atoms with Crippen LogP contribution in [-0.4, -0.2) is 43.0 Å². The minimum Gasteiger partial charge on any atom is -0.373 e. The number of nitrogens with zero attached hydrogens (tertiary/aromatic N) is 2. The first-order valence-electron chi connectivity index (χ1n) is 6.57. The number of anilines is 2. The second kappa shape index (κ2) is 5.95. The van der Waals surface area contributed by atoms with Crippen LogP contribution in [0.25, 0.3) is 0 Å². The highest BCUT2D eigenvalue weighted by Crippen LogP contribution is 2.19. The molecule has 0 aromatic carbocycles. The third kappa shape index (κ3) is 4.06. The predicted octanol–water partition coefficient (Wildman–Crippen LogP) is 1.88. The van der Waals surface area contributed by atoms with Crippen molar-refractivity contribution in [2.45, 2.75) is 38.4 Å². The van der Waals surface area contributed by atoms with Gasteiger partial charge in [0.1, 0.15) is 17.5 Å². The van der Waals surface area contributed by atoms with Crippen molar-refractivity contribution in [3.05, 3.63) is 11.9 Å². The lowest BCUT2D eigenvalue weighted by atomic mass is 10.2. The maximum absolute atomic E-state index is 11.7. The highest BCUT2D eigenvalue weighted by Gasteiger charge is 2.30. The molecule has 0 fully saturated rings. The van der Waals surface area contributed by atoms with Crippen LogP contribution in [0.2, 0.25) is 0 Å². The Morgan fingerprint density at radius 3 is 2.25 bits per heavy atom. The van der Waals surface area contributed by atoms with Crippen LogP contribution in [0.4, 0.5) is 11.6 Å². The molecule has 7 heteroatoms. The van der Waals surface area contributed by atoms with Crippen LogP contribution in [0.1, 0.15) is 39.4 Å². The van der Waals surface area contributed by atoms with Gasteiger partial charge in [-0.15, -0.1) is 0 Å². The number of hydrogen-bond acceptors (Lipinski definition) is 6. The second-order valence-electron chi connectivity index (χ2n) is 5.79. The van der Waals surface area contributed by atoms with Crippen molar-refractivity contribution < 1.29 is 8.42 Å². The molecule has 0 unspecified atom stereocenters. The van der Waals surface area contributed by atoms with Crippen molar-refractivity contribution in [1.29, 1.82) is 0 Å². The molecule has 0 radical (unpaired) electrons. The number of aromatic nitrogens is 2. The van der Waals surface area contributed by atoms with Gasteiger partial charge in [0.25, 0.3) is 0 Å². The fourth-order valence-electron chi connectivity index (χ4n) is 1.38. The van der Waals surface area contributed by atoms with Gasteiger partial charge in [-0.25, -0.2) is 18.4 Å². The molecule has 114 valence electrons. The summed E-state index contributed by atoms with van der Waals surface area (Å²) in [5.41, 5.74) is 0. The maximum atomic E-state index is 11.7. The summed E-state index contributed by atoms with van der Waals surface area (Å²) in [6, 6.07) is 1.77. The summed E-state index contributed by atoms with van der Waals surface area (Å²) in [5, 5.41) is 6.07. The van der Waals surface area contributed by atoms with Crippen LogP contribution >= 0.6 is 0 Å². The zero-order valence-electron chi connectivity index (χ0n) is 13.0. The van der Waals surface area contributed by atoms with E-state index in [-0.39, 0.29) is 5.92 Å². The highest BCUT2D eigenvalue weighted by molar-refractivity contribution is 7.92. The fourth-order valence-corrected chi connectivity index (χ4v) is 1.71. The largest absolute Gasteiger partial charge is 0.373 e. The summed E-state index contributed by atoms with van der Waals surface area (Å²) in [4.78, 5) is 8.77. The number of nitrogens with one attached hydrogen (secondary N) is 2. The lowest BCUT2D eigenvalue weighted by Crippen LogP contribution is -2.38. The molecule has 1 aromatic heterocycles. The van der Waals surface area contributed by atoms with Crippen LogP contribution in [0.3, 0.4) is 0 Å². The second-order valence-corrected chi connectivity index (χ2v) is 8.44. The Labute approximate surface area is 121 Å². The van der Waals surface area contributed by atoms with Gasteiger partial charge in [0.15, 0.2) is 9.84 Å². The molecule has 0 amide bonds. The molecular weight excluding hydrogens is 276 g/mol. The van der Waals surface area contributed by atoms with Crippen molar-refractivity contribution in [3.8, 4) is 0 Å². The van der Waals surface area contributed by atoms with Crippen molar-refractivity contribution in [3.63, 3.8) is 0 Å². The van der Waals surface area contributed by atoms with Gasteiger partial charge >= 0.3 is 0 Å². The first-order valence-corrected chi connectivity index (χ1v) is 8.46. The lowest BCUT2D eigenvalue weighted by Gasteiger charge is -2.23. The average molecular weight is 300 g/mol. The summed E-state index contributed by atoms with van der Waals surface area (Å²) in [6.45, 7) is 7.71. The average Bonchev–Trinajstić information content (AvgIpc) is 2.34. The topological polar surface area (TPSA) is 84.0 Å². The molecule has 0 aliphatic rings. The van der Waals surface area contributed by atoms with Crippen molar-refractivity contribution in [2.75, 3.05) is 30.5 Å². The molecule has 0 spiro atoms. The van der Waals surface area contributed by atoms with Gasteiger partial charge in [0.05, 0.1) is 4.75 Å². The maximum Gasteiger partial charge on any atom is 0.154 e. The van der Waals surface area contributed by atoms with Crippen LogP contribution in [0, 0.1) is 0 Å². The Morgan fingerprint density at radius 2 is 1.80 bits per heavy atom. The number of rotatable bonds is 6. The lowest BCUT2D eigenvalue weighted by molar-refractivity contribution is 0.559. The Balaban J connectivity index is 2.96. The SMILES string of the molecule is CNc1cc(NCC(C)(C)S(C)(=O)=O)nc(C(C)C)n1. The predicted molar refractivity (Wildman–Crippen MR) is 83.1 cm³/mol.